The van der Waals surface area contributed by atoms with E-state index in [2.05, 4.69) is 0 Å². The molecule has 1 aliphatic heterocycles. The number of hydrogen-bond donors (Lipinski definition) is 1. The molecule has 11 heavy (non-hydrogen) atoms. The maximum absolute atomic E-state index is 10.9. The molecule has 0 aromatic rings. The Morgan fingerprint density at radius 3 is 2.18 bits per heavy atom. The zero-order valence-electron chi connectivity index (χ0n) is 6.45. The molecule has 0 saturated carbocycles. The molecule has 1 heterocycles. The first-order valence-electron chi connectivity index (χ1n) is 3.49. The van der Waals surface area contributed by atoms with Crippen LogP contribution in [0.1, 0.15) is 12.8 Å². The molecule has 0 aromatic carbocycles. The molecule has 1 aliphatic rings. The van der Waals surface area contributed by atoms with Crippen LogP contribution in [0.2, 0.25) is 0 Å². The van der Waals surface area contributed by atoms with E-state index < -0.39 is 10.0 Å². The third-order valence-corrected chi connectivity index (χ3v) is 3.07. The van der Waals surface area contributed by atoms with E-state index >= 15 is 0 Å². The number of sulfonamides is 1. The van der Waals surface area contributed by atoms with Crippen molar-refractivity contribution in [3.63, 3.8) is 0 Å². The fraction of sp³-hybridized carbons (Fsp3) is 0.833. The number of nitrogens with zero attached hydrogens (tertiary/aromatic N) is 1. The first-order chi connectivity index (χ1) is 5.00. The average Bonchev–Trinajstić information content (AvgIpc) is 1.86. The molecule has 0 unspecified atom stereocenters. The monoisotopic (exact) mass is 178 g/mol. The van der Waals surface area contributed by atoms with Crippen LogP contribution < -0.4 is 0 Å². The Morgan fingerprint density at radius 2 is 1.82 bits per heavy atom. The number of aliphatic hydroxyl groups is 1. The van der Waals surface area contributed by atoms with Gasteiger partial charge in [-0.1, -0.05) is 0 Å². The Labute approximate surface area is 66.9 Å². The Balaban J connectivity index is 2.53. The van der Waals surface area contributed by atoms with Crippen molar-refractivity contribution in [3.8, 4) is 0 Å². The smallest absolute Gasteiger partial charge is 0.211 e. The van der Waals surface area contributed by atoms with Gasteiger partial charge in [0.2, 0.25) is 10.0 Å². The summed E-state index contributed by atoms with van der Waals surface area (Å²) in [5.41, 5.74) is 0. The Kier molecular flexibility index (Phi) is 2.51. The summed E-state index contributed by atoms with van der Waals surface area (Å²) >= 11 is 0. The molecule has 0 amide bonds. The Morgan fingerprint density at radius 1 is 1.36 bits per heavy atom. The van der Waals surface area contributed by atoms with E-state index in [4.69, 9.17) is 5.11 Å². The van der Waals surface area contributed by atoms with Gasteiger partial charge in [0.1, 0.15) is 0 Å². The molecule has 5 heteroatoms. The standard InChI is InChI=1S/C6H12NO3S/c1-11(9,10)7-4-2-6(8)3-5-7/h8H,2-5H2,1H3. The maximum Gasteiger partial charge on any atom is 0.211 e. The van der Waals surface area contributed by atoms with Gasteiger partial charge in [-0.15, -0.1) is 0 Å². The van der Waals surface area contributed by atoms with Gasteiger partial charge >= 0.3 is 0 Å². The highest BCUT2D eigenvalue weighted by atomic mass is 32.2. The van der Waals surface area contributed by atoms with Crippen LogP contribution in [-0.4, -0.2) is 37.2 Å². The minimum Gasteiger partial charge on any atom is -0.387 e. The Hall–Kier alpha value is -0.130. The van der Waals surface area contributed by atoms with Crippen molar-refractivity contribution >= 4 is 10.0 Å². The fourth-order valence-corrected chi connectivity index (χ4v) is 1.92. The lowest BCUT2D eigenvalue weighted by Gasteiger charge is -2.26. The van der Waals surface area contributed by atoms with E-state index in [0.29, 0.717) is 32.0 Å². The third-order valence-electron chi connectivity index (χ3n) is 1.77. The molecule has 1 saturated heterocycles. The number of rotatable bonds is 1. The molecule has 0 spiro atoms. The molecule has 1 rings (SSSR count). The summed E-state index contributed by atoms with van der Waals surface area (Å²) in [6, 6.07) is 0. The molecular formula is C6H12NO3S. The van der Waals surface area contributed by atoms with Gasteiger partial charge < -0.3 is 5.11 Å². The van der Waals surface area contributed by atoms with Crippen LogP contribution >= 0.6 is 0 Å². The predicted molar refractivity (Wildman–Crippen MR) is 40.8 cm³/mol. The zero-order valence-corrected chi connectivity index (χ0v) is 7.26. The van der Waals surface area contributed by atoms with Gasteiger partial charge in [-0.25, -0.2) is 12.7 Å². The van der Waals surface area contributed by atoms with Crippen molar-refractivity contribution in [2.75, 3.05) is 19.3 Å². The first kappa shape index (κ1) is 8.96. The molecule has 1 fully saturated rings. The highest BCUT2D eigenvalue weighted by Gasteiger charge is 2.23. The molecule has 1 N–H and O–H groups in total. The average molecular weight is 178 g/mol. The minimum absolute atomic E-state index is 0.407. The lowest BCUT2D eigenvalue weighted by Crippen LogP contribution is -2.37. The van der Waals surface area contributed by atoms with Crippen molar-refractivity contribution in [2.24, 2.45) is 0 Å². The molecule has 0 bridgehead atoms. The summed E-state index contributed by atoms with van der Waals surface area (Å²) in [5.74, 6) is 0. The maximum atomic E-state index is 10.9. The first-order valence-corrected chi connectivity index (χ1v) is 5.34. The van der Waals surface area contributed by atoms with Crippen LogP contribution in [0.5, 0.6) is 0 Å². The van der Waals surface area contributed by atoms with Gasteiger partial charge in [-0.2, -0.15) is 0 Å². The van der Waals surface area contributed by atoms with Gasteiger partial charge in [-0.3, -0.25) is 0 Å². The van der Waals surface area contributed by atoms with E-state index in [9.17, 15) is 8.42 Å². The van der Waals surface area contributed by atoms with Gasteiger partial charge in [0, 0.05) is 13.1 Å². The normalized spacial score (nSPS) is 23.8. The van der Waals surface area contributed by atoms with Crippen molar-refractivity contribution in [1.82, 2.24) is 4.31 Å². The van der Waals surface area contributed by atoms with Crippen LogP contribution in [0.3, 0.4) is 0 Å². The SMILES string of the molecule is CS(=O)(=O)N1CC[C](O)CC1. The Bertz CT molecular complexity index is 216. The summed E-state index contributed by atoms with van der Waals surface area (Å²) in [7, 11) is -3.04. The van der Waals surface area contributed by atoms with E-state index in [0.717, 1.165) is 0 Å². The highest BCUT2D eigenvalue weighted by molar-refractivity contribution is 7.88. The largest absolute Gasteiger partial charge is 0.387 e. The van der Waals surface area contributed by atoms with Crippen molar-refractivity contribution in [2.45, 2.75) is 12.8 Å². The van der Waals surface area contributed by atoms with Crippen molar-refractivity contribution in [3.05, 3.63) is 6.10 Å². The van der Waals surface area contributed by atoms with Crippen LogP contribution in [0.4, 0.5) is 0 Å². The fourth-order valence-electron chi connectivity index (χ4n) is 1.08. The summed E-state index contributed by atoms with van der Waals surface area (Å²) in [4.78, 5) is 0. The van der Waals surface area contributed by atoms with E-state index in [1.54, 1.807) is 0 Å². The third kappa shape index (κ3) is 2.43. The van der Waals surface area contributed by atoms with Crippen LogP contribution in [0, 0.1) is 6.10 Å². The minimum atomic E-state index is -3.04. The summed E-state index contributed by atoms with van der Waals surface area (Å²) in [6.45, 7) is 0.843. The van der Waals surface area contributed by atoms with E-state index in [-0.39, 0.29) is 0 Å². The van der Waals surface area contributed by atoms with Crippen molar-refractivity contribution in [1.29, 1.82) is 0 Å². The second-order valence-electron chi connectivity index (χ2n) is 2.73. The van der Waals surface area contributed by atoms with Gasteiger partial charge in [-0.05, 0) is 12.8 Å². The van der Waals surface area contributed by atoms with E-state index in [1.165, 1.54) is 10.6 Å². The molecule has 0 aromatic heterocycles. The van der Waals surface area contributed by atoms with Crippen molar-refractivity contribution < 1.29 is 13.5 Å². The van der Waals surface area contributed by atoms with Crippen LogP contribution in [0.15, 0.2) is 0 Å². The summed E-state index contributed by atoms with van der Waals surface area (Å²) in [6.07, 6.45) is 2.56. The molecule has 1 radical (unpaired) electrons. The molecular weight excluding hydrogens is 166 g/mol. The quantitative estimate of drug-likeness (QED) is 0.612. The van der Waals surface area contributed by atoms with Crippen LogP contribution in [-0.2, 0) is 10.0 Å². The highest BCUT2D eigenvalue weighted by Crippen LogP contribution is 2.17. The lowest BCUT2D eigenvalue weighted by atomic mass is 10.1. The second kappa shape index (κ2) is 3.08. The summed E-state index contributed by atoms with van der Waals surface area (Å²) < 4.78 is 23.2. The number of hydrogen-bond acceptors (Lipinski definition) is 3. The van der Waals surface area contributed by atoms with Gasteiger partial charge in [0.05, 0.1) is 12.4 Å². The lowest BCUT2D eigenvalue weighted by molar-refractivity contribution is 0.210. The topological polar surface area (TPSA) is 57.6 Å². The van der Waals surface area contributed by atoms with Crippen LogP contribution in [0.25, 0.3) is 0 Å². The molecule has 0 atom stereocenters. The van der Waals surface area contributed by atoms with Gasteiger partial charge in [0.25, 0.3) is 0 Å². The number of piperidine rings is 1. The number of aliphatic hydroxyl groups excluding tert-OH is 1. The second-order valence-corrected chi connectivity index (χ2v) is 4.71. The molecule has 0 aliphatic carbocycles. The van der Waals surface area contributed by atoms with E-state index in [1.807, 2.05) is 0 Å². The predicted octanol–water partition coefficient (Wildman–Crippen LogP) is -0.0537. The summed E-state index contributed by atoms with van der Waals surface area (Å²) in [5, 5.41) is 8.99. The molecule has 65 valence electrons. The molecule has 4 nitrogen and oxygen atoms in total. The zero-order chi connectivity index (χ0) is 8.48. The van der Waals surface area contributed by atoms with Gasteiger partial charge in [0.15, 0.2) is 0 Å².